The molecule has 2 amide bonds. The molecule has 18 heavy (non-hydrogen) atoms. The molecule has 0 aromatic heterocycles. The minimum Gasteiger partial charge on any atom is -0.388 e. The van der Waals surface area contributed by atoms with Gasteiger partial charge in [0.25, 0.3) is 0 Å². The number of hydrogen-bond acceptors (Lipinski definition) is 3. The van der Waals surface area contributed by atoms with Gasteiger partial charge in [0, 0.05) is 6.42 Å². The quantitative estimate of drug-likeness (QED) is 0.739. The van der Waals surface area contributed by atoms with Gasteiger partial charge < -0.3 is 5.11 Å². The van der Waals surface area contributed by atoms with Gasteiger partial charge in [-0.3, -0.25) is 14.5 Å². The summed E-state index contributed by atoms with van der Waals surface area (Å²) in [5, 5.41) is 10.2. The lowest BCUT2D eigenvalue weighted by Crippen LogP contribution is -2.45. The van der Waals surface area contributed by atoms with Crippen LogP contribution in [-0.2, 0) is 9.59 Å². The Hall–Kier alpha value is -0.900. The first-order chi connectivity index (χ1) is 8.32. The molecule has 1 aliphatic heterocycles. The van der Waals surface area contributed by atoms with Crippen molar-refractivity contribution in [1.29, 1.82) is 0 Å². The Balaban J connectivity index is 2.86. The van der Waals surface area contributed by atoms with Gasteiger partial charge in [0.2, 0.25) is 11.8 Å². The molecule has 4 nitrogen and oxygen atoms in total. The summed E-state index contributed by atoms with van der Waals surface area (Å²) in [7, 11) is 0. The predicted molar refractivity (Wildman–Crippen MR) is 69.9 cm³/mol. The van der Waals surface area contributed by atoms with Gasteiger partial charge in [0.15, 0.2) is 0 Å². The molecule has 1 fully saturated rings. The minimum absolute atomic E-state index is 0.103. The molecule has 0 aromatic carbocycles. The first-order valence-electron chi connectivity index (χ1n) is 6.89. The lowest BCUT2D eigenvalue weighted by molar-refractivity contribution is -0.145. The summed E-state index contributed by atoms with van der Waals surface area (Å²) in [6, 6.07) is 0. The van der Waals surface area contributed by atoms with Gasteiger partial charge in [-0.25, -0.2) is 0 Å². The third kappa shape index (κ3) is 2.74. The van der Waals surface area contributed by atoms with E-state index in [1.807, 2.05) is 20.8 Å². The van der Waals surface area contributed by atoms with Gasteiger partial charge in [0.05, 0.1) is 17.6 Å². The van der Waals surface area contributed by atoms with Crippen molar-refractivity contribution >= 4 is 11.8 Å². The number of hydrogen-bond donors (Lipinski definition) is 1. The molecule has 1 N–H and O–H groups in total. The number of likely N-dealkylation sites (tertiary alicyclic amines) is 1. The predicted octanol–water partition coefficient (Wildman–Crippen LogP) is 2.10. The molecule has 1 unspecified atom stereocenters. The molecule has 4 heteroatoms. The number of carbonyl (C=O) groups excluding carboxylic acids is 2. The summed E-state index contributed by atoms with van der Waals surface area (Å²) >= 11 is 0. The van der Waals surface area contributed by atoms with E-state index in [4.69, 9.17) is 0 Å². The topological polar surface area (TPSA) is 57.6 Å². The highest BCUT2D eigenvalue weighted by Crippen LogP contribution is 2.39. The van der Waals surface area contributed by atoms with E-state index in [0.29, 0.717) is 25.7 Å². The second-order valence-corrected chi connectivity index (χ2v) is 5.70. The molecule has 0 bridgehead atoms. The molecule has 1 rings (SSSR count). The van der Waals surface area contributed by atoms with Crippen molar-refractivity contribution in [1.82, 2.24) is 4.90 Å². The van der Waals surface area contributed by atoms with Crippen molar-refractivity contribution < 1.29 is 14.7 Å². The van der Waals surface area contributed by atoms with Crippen LogP contribution < -0.4 is 0 Å². The SMILES string of the molecule is CCCC(C)(O)CN1C(=O)CC(CC)(CC)C1=O. The van der Waals surface area contributed by atoms with E-state index in [1.54, 1.807) is 6.92 Å². The van der Waals surface area contributed by atoms with Crippen molar-refractivity contribution in [2.75, 3.05) is 6.54 Å². The normalized spacial score (nSPS) is 22.4. The van der Waals surface area contributed by atoms with Gasteiger partial charge in [-0.2, -0.15) is 0 Å². The Bertz CT molecular complexity index is 332. The Labute approximate surface area is 109 Å². The average molecular weight is 255 g/mol. The van der Waals surface area contributed by atoms with Crippen LogP contribution in [0.15, 0.2) is 0 Å². The van der Waals surface area contributed by atoms with Gasteiger partial charge >= 0.3 is 0 Å². The van der Waals surface area contributed by atoms with Crippen LogP contribution in [0.4, 0.5) is 0 Å². The third-order valence-electron chi connectivity index (χ3n) is 4.13. The van der Waals surface area contributed by atoms with Crippen LogP contribution in [0.25, 0.3) is 0 Å². The second-order valence-electron chi connectivity index (χ2n) is 5.70. The zero-order valence-corrected chi connectivity index (χ0v) is 12.0. The van der Waals surface area contributed by atoms with E-state index in [0.717, 1.165) is 6.42 Å². The van der Waals surface area contributed by atoms with Gasteiger partial charge in [-0.05, 0) is 26.2 Å². The van der Waals surface area contributed by atoms with Crippen LogP contribution in [-0.4, -0.2) is 34.0 Å². The molecule has 0 radical (unpaired) electrons. The van der Waals surface area contributed by atoms with Crippen molar-refractivity contribution in [3.05, 3.63) is 0 Å². The maximum Gasteiger partial charge on any atom is 0.235 e. The fraction of sp³-hybridized carbons (Fsp3) is 0.857. The van der Waals surface area contributed by atoms with Crippen LogP contribution in [0.5, 0.6) is 0 Å². The molecule has 0 saturated carbocycles. The van der Waals surface area contributed by atoms with Crippen molar-refractivity contribution in [3.8, 4) is 0 Å². The molecule has 0 spiro atoms. The largest absolute Gasteiger partial charge is 0.388 e. The van der Waals surface area contributed by atoms with Crippen LogP contribution >= 0.6 is 0 Å². The van der Waals surface area contributed by atoms with E-state index in [2.05, 4.69) is 0 Å². The van der Waals surface area contributed by atoms with Gasteiger partial charge in [-0.1, -0.05) is 27.2 Å². The van der Waals surface area contributed by atoms with Crippen molar-refractivity contribution in [2.24, 2.45) is 5.41 Å². The molecule has 1 atom stereocenters. The minimum atomic E-state index is -0.975. The number of amides is 2. The zero-order valence-electron chi connectivity index (χ0n) is 12.0. The van der Waals surface area contributed by atoms with Crippen LogP contribution in [0.1, 0.15) is 59.8 Å². The van der Waals surface area contributed by atoms with Gasteiger partial charge in [0.1, 0.15) is 0 Å². The monoisotopic (exact) mass is 255 g/mol. The van der Waals surface area contributed by atoms with E-state index < -0.39 is 11.0 Å². The first kappa shape index (κ1) is 15.2. The molecule has 104 valence electrons. The molecule has 0 aromatic rings. The Morgan fingerprint density at radius 1 is 1.28 bits per heavy atom. The van der Waals surface area contributed by atoms with E-state index in [1.165, 1.54) is 4.90 Å². The summed E-state index contributed by atoms with van der Waals surface area (Å²) in [5.41, 5.74) is -1.50. The molecular formula is C14H25NO3. The lowest BCUT2D eigenvalue weighted by Gasteiger charge is -2.29. The Morgan fingerprint density at radius 2 is 1.83 bits per heavy atom. The highest BCUT2D eigenvalue weighted by Gasteiger charge is 2.50. The molecule has 1 saturated heterocycles. The van der Waals surface area contributed by atoms with E-state index in [9.17, 15) is 14.7 Å². The van der Waals surface area contributed by atoms with Crippen molar-refractivity contribution in [3.63, 3.8) is 0 Å². The average Bonchev–Trinajstić information content (AvgIpc) is 2.53. The molecule has 1 aliphatic rings. The van der Waals surface area contributed by atoms with Crippen LogP contribution in [0, 0.1) is 5.41 Å². The molecular weight excluding hydrogens is 230 g/mol. The lowest BCUT2D eigenvalue weighted by atomic mass is 9.81. The van der Waals surface area contributed by atoms with Crippen LogP contribution in [0.3, 0.4) is 0 Å². The summed E-state index contributed by atoms with van der Waals surface area (Å²) in [6.45, 7) is 7.68. The number of imide groups is 1. The first-order valence-corrected chi connectivity index (χ1v) is 6.89. The second kappa shape index (κ2) is 5.39. The Kier molecular flexibility index (Phi) is 4.54. The fourth-order valence-corrected chi connectivity index (χ4v) is 2.78. The summed E-state index contributed by atoms with van der Waals surface area (Å²) < 4.78 is 0. The van der Waals surface area contributed by atoms with E-state index >= 15 is 0 Å². The number of rotatable bonds is 6. The highest BCUT2D eigenvalue weighted by atomic mass is 16.3. The molecule has 0 aliphatic carbocycles. The highest BCUT2D eigenvalue weighted by molar-refractivity contribution is 6.05. The van der Waals surface area contributed by atoms with Gasteiger partial charge in [-0.15, -0.1) is 0 Å². The van der Waals surface area contributed by atoms with E-state index in [-0.39, 0.29) is 18.4 Å². The zero-order chi connectivity index (χ0) is 14.0. The summed E-state index contributed by atoms with van der Waals surface area (Å²) in [4.78, 5) is 25.6. The standard InChI is InChI=1S/C14H25NO3/c1-5-8-13(4,18)10-15-11(16)9-14(6-2,7-3)12(15)17/h18H,5-10H2,1-4H3. The number of β-amino-alcohol motifs (C(OH)–C–C–N with tert-alkyl or cyclic N) is 1. The smallest absolute Gasteiger partial charge is 0.235 e. The maximum absolute atomic E-state index is 12.4. The third-order valence-corrected chi connectivity index (χ3v) is 4.13. The number of carbonyl (C=O) groups is 2. The summed E-state index contributed by atoms with van der Waals surface area (Å²) in [5.74, 6) is -0.242. The Morgan fingerprint density at radius 3 is 2.22 bits per heavy atom. The van der Waals surface area contributed by atoms with Crippen LogP contribution in [0.2, 0.25) is 0 Å². The number of aliphatic hydroxyl groups is 1. The fourth-order valence-electron chi connectivity index (χ4n) is 2.78. The maximum atomic E-state index is 12.4. The van der Waals surface area contributed by atoms with Crippen molar-refractivity contribution in [2.45, 2.75) is 65.4 Å². The summed E-state index contributed by atoms with van der Waals surface area (Å²) in [6.07, 6.45) is 3.08. The number of nitrogens with zero attached hydrogens (tertiary/aromatic N) is 1. The molecule has 1 heterocycles.